The standard InChI is InChI=1S/C11H8BrNO2/c12-10-5-1-4-9(13-10)7-8-3-2-6-15-11(8)14/h1-6H,7H2. The van der Waals surface area contributed by atoms with Crippen LogP contribution in [-0.4, -0.2) is 4.98 Å². The lowest BCUT2D eigenvalue weighted by molar-refractivity contribution is 0.503. The Morgan fingerprint density at radius 1 is 1.27 bits per heavy atom. The summed E-state index contributed by atoms with van der Waals surface area (Å²) >= 11 is 3.28. The topological polar surface area (TPSA) is 43.1 Å². The quantitative estimate of drug-likeness (QED) is 0.784. The zero-order valence-corrected chi connectivity index (χ0v) is 9.40. The second-order valence-electron chi connectivity index (χ2n) is 3.05. The summed E-state index contributed by atoms with van der Waals surface area (Å²) in [5.74, 6) is 0. The predicted molar refractivity (Wildman–Crippen MR) is 59.7 cm³/mol. The van der Waals surface area contributed by atoms with Crippen molar-refractivity contribution in [3.8, 4) is 0 Å². The van der Waals surface area contributed by atoms with Gasteiger partial charge in [0.1, 0.15) is 4.60 Å². The van der Waals surface area contributed by atoms with Crippen LogP contribution in [0, 0.1) is 0 Å². The van der Waals surface area contributed by atoms with E-state index in [0.29, 0.717) is 12.0 Å². The van der Waals surface area contributed by atoms with Crippen molar-refractivity contribution in [2.24, 2.45) is 0 Å². The summed E-state index contributed by atoms with van der Waals surface area (Å²) in [7, 11) is 0. The number of rotatable bonds is 2. The number of pyridine rings is 1. The van der Waals surface area contributed by atoms with E-state index in [2.05, 4.69) is 20.9 Å². The van der Waals surface area contributed by atoms with Gasteiger partial charge in [-0.3, -0.25) is 0 Å². The highest BCUT2D eigenvalue weighted by Crippen LogP contribution is 2.08. The van der Waals surface area contributed by atoms with Crippen LogP contribution in [0.4, 0.5) is 0 Å². The molecular formula is C11H8BrNO2. The Morgan fingerprint density at radius 2 is 2.13 bits per heavy atom. The molecule has 0 bridgehead atoms. The summed E-state index contributed by atoms with van der Waals surface area (Å²) in [4.78, 5) is 15.5. The zero-order chi connectivity index (χ0) is 10.7. The summed E-state index contributed by atoms with van der Waals surface area (Å²) in [6, 6.07) is 9.05. The van der Waals surface area contributed by atoms with Gasteiger partial charge in [-0.1, -0.05) is 6.07 Å². The molecule has 0 spiro atoms. The highest BCUT2D eigenvalue weighted by atomic mass is 79.9. The molecule has 0 aliphatic rings. The molecule has 2 heterocycles. The minimum Gasteiger partial charge on any atom is -0.431 e. The van der Waals surface area contributed by atoms with E-state index in [4.69, 9.17) is 4.42 Å². The number of hydrogen-bond donors (Lipinski definition) is 0. The molecule has 0 atom stereocenters. The maximum atomic E-state index is 11.3. The van der Waals surface area contributed by atoms with Gasteiger partial charge in [0.15, 0.2) is 0 Å². The van der Waals surface area contributed by atoms with Gasteiger partial charge in [0.2, 0.25) is 0 Å². The van der Waals surface area contributed by atoms with Gasteiger partial charge in [-0.15, -0.1) is 0 Å². The molecule has 0 fully saturated rings. The van der Waals surface area contributed by atoms with Crippen LogP contribution in [0.25, 0.3) is 0 Å². The van der Waals surface area contributed by atoms with Crippen molar-refractivity contribution in [1.29, 1.82) is 0 Å². The SMILES string of the molecule is O=c1occcc1Cc1cccc(Br)n1. The minimum atomic E-state index is -0.306. The molecule has 0 saturated carbocycles. The van der Waals surface area contributed by atoms with Gasteiger partial charge in [0.25, 0.3) is 0 Å². The summed E-state index contributed by atoms with van der Waals surface area (Å²) in [5.41, 5.74) is 1.14. The molecule has 2 aromatic heterocycles. The van der Waals surface area contributed by atoms with E-state index in [9.17, 15) is 4.79 Å². The maximum absolute atomic E-state index is 11.3. The summed E-state index contributed by atoms with van der Waals surface area (Å²) in [5, 5.41) is 0. The fraction of sp³-hybridized carbons (Fsp3) is 0.0909. The first-order valence-corrected chi connectivity index (χ1v) is 5.23. The monoisotopic (exact) mass is 265 g/mol. The molecule has 15 heavy (non-hydrogen) atoms. The average molecular weight is 266 g/mol. The molecular weight excluding hydrogens is 258 g/mol. The third-order valence-corrected chi connectivity index (χ3v) is 2.40. The lowest BCUT2D eigenvalue weighted by Crippen LogP contribution is -2.07. The Morgan fingerprint density at radius 3 is 2.87 bits per heavy atom. The largest absolute Gasteiger partial charge is 0.431 e. The van der Waals surface area contributed by atoms with Crippen molar-refractivity contribution in [2.75, 3.05) is 0 Å². The van der Waals surface area contributed by atoms with E-state index in [1.807, 2.05) is 18.2 Å². The smallest absolute Gasteiger partial charge is 0.339 e. The van der Waals surface area contributed by atoms with Gasteiger partial charge in [0, 0.05) is 17.7 Å². The van der Waals surface area contributed by atoms with E-state index in [0.717, 1.165) is 10.3 Å². The molecule has 0 aliphatic carbocycles. The Hall–Kier alpha value is -1.42. The lowest BCUT2D eigenvalue weighted by atomic mass is 10.1. The Kier molecular flexibility index (Phi) is 2.97. The number of nitrogens with zero attached hydrogens (tertiary/aromatic N) is 1. The number of aromatic nitrogens is 1. The van der Waals surface area contributed by atoms with Crippen molar-refractivity contribution < 1.29 is 4.42 Å². The maximum Gasteiger partial charge on any atom is 0.339 e. The van der Waals surface area contributed by atoms with Gasteiger partial charge in [0.05, 0.1) is 6.26 Å². The van der Waals surface area contributed by atoms with Crippen molar-refractivity contribution in [3.63, 3.8) is 0 Å². The molecule has 0 aromatic carbocycles. The molecule has 0 N–H and O–H groups in total. The molecule has 0 amide bonds. The first kappa shape index (κ1) is 10.1. The molecule has 3 nitrogen and oxygen atoms in total. The molecule has 0 unspecified atom stereocenters. The second-order valence-corrected chi connectivity index (χ2v) is 3.87. The lowest BCUT2D eigenvalue weighted by Gasteiger charge is -1.99. The highest BCUT2D eigenvalue weighted by Gasteiger charge is 2.02. The molecule has 76 valence electrons. The van der Waals surface area contributed by atoms with E-state index in [-0.39, 0.29) is 5.63 Å². The Labute approximate surface area is 94.9 Å². The number of hydrogen-bond acceptors (Lipinski definition) is 3. The van der Waals surface area contributed by atoms with Crippen LogP contribution in [0.2, 0.25) is 0 Å². The minimum absolute atomic E-state index is 0.306. The van der Waals surface area contributed by atoms with Crippen LogP contribution in [0.1, 0.15) is 11.3 Å². The van der Waals surface area contributed by atoms with Crippen molar-refractivity contribution in [3.05, 3.63) is 62.9 Å². The fourth-order valence-electron chi connectivity index (χ4n) is 1.28. The summed E-state index contributed by atoms with van der Waals surface area (Å²) in [6.45, 7) is 0. The third-order valence-electron chi connectivity index (χ3n) is 1.96. The van der Waals surface area contributed by atoms with Gasteiger partial charge in [-0.05, 0) is 40.2 Å². The molecule has 0 aliphatic heterocycles. The van der Waals surface area contributed by atoms with Crippen LogP contribution < -0.4 is 5.63 Å². The number of halogens is 1. The van der Waals surface area contributed by atoms with E-state index in [1.54, 1.807) is 12.1 Å². The fourth-order valence-corrected chi connectivity index (χ4v) is 1.66. The predicted octanol–water partition coefficient (Wildman–Crippen LogP) is 2.39. The highest BCUT2D eigenvalue weighted by molar-refractivity contribution is 9.10. The average Bonchev–Trinajstić information content (AvgIpc) is 2.22. The molecule has 0 radical (unpaired) electrons. The van der Waals surface area contributed by atoms with Gasteiger partial charge in [-0.25, -0.2) is 9.78 Å². The van der Waals surface area contributed by atoms with E-state index in [1.165, 1.54) is 6.26 Å². The van der Waals surface area contributed by atoms with Crippen molar-refractivity contribution in [2.45, 2.75) is 6.42 Å². The van der Waals surface area contributed by atoms with Crippen LogP contribution in [0.15, 0.2) is 50.4 Å². The van der Waals surface area contributed by atoms with E-state index >= 15 is 0 Å². The van der Waals surface area contributed by atoms with Crippen LogP contribution in [-0.2, 0) is 6.42 Å². The summed E-state index contributed by atoms with van der Waals surface area (Å²) < 4.78 is 5.53. The van der Waals surface area contributed by atoms with Crippen LogP contribution in [0.5, 0.6) is 0 Å². The van der Waals surface area contributed by atoms with Crippen LogP contribution >= 0.6 is 15.9 Å². The zero-order valence-electron chi connectivity index (χ0n) is 7.81. The summed E-state index contributed by atoms with van der Waals surface area (Å²) in [6.07, 6.45) is 1.86. The van der Waals surface area contributed by atoms with Gasteiger partial charge in [-0.2, -0.15) is 0 Å². The van der Waals surface area contributed by atoms with Gasteiger partial charge >= 0.3 is 5.63 Å². The molecule has 2 rings (SSSR count). The molecule has 2 aromatic rings. The van der Waals surface area contributed by atoms with Crippen molar-refractivity contribution >= 4 is 15.9 Å². The normalized spacial score (nSPS) is 10.2. The van der Waals surface area contributed by atoms with Crippen LogP contribution in [0.3, 0.4) is 0 Å². The first-order valence-electron chi connectivity index (χ1n) is 4.44. The Balaban J connectivity index is 2.30. The third kappa shape index (κ3) is 2.53. The molecule has 0 saturated heterocycles. The van der Waals surface area contributed by atoms with Gasteiger partial charge < -0.3 is 4.42 Å². The Bertz CT molecular complexity index is 522. The second kappa shape index (κ2) is 4.40. The van der Waals surface area contributed by atoms with Crippen molar-refractivity contribution in [1.82, 2.24) is 4.98 Å². The van der Waals surface area contributed by atoms with E-state index < -0.39 is 0 Å². The first-order chi connectivity index (χ1) is 7.25. The molecule has 4 heteroatoms.